The van der Waals surface area contributed by atoms with Crippen molar-refractivity contribution in [2.75, 3.05) is 0 Å². The number of hydrogen-bond acceptors (Lipinski definition) is 1. The molecule has 0 bridgehead atoms. The van der Waals surface area contributed by atoms with Gasteiger partial charge in [-0.05, 0) is 0 Å². The number of carbonyl (C=O) groups is 1. The zero-order valence-corrected chi connectivity index (χ0v) is 7.85. The van der Waals surface area contributed by atoms with Gasteiger partial charge in [0.05, 0.1) is 0 Å². The van der Waals surface area contributed by atoms with Crippen LogP contribution in [0.15, 0.2) is 30.3 Å². The summed E-state index contributed by atoms with van der Waals surface area (Å²) in [4.78, 5) is 10.7. The first kappa shape index (κ1) is 9.56. The summed E-state index contributed by atoms with van der Waals surface area (Å²) in [6.07, 6.45) is 0.174. The first-order valence-corrected chi connectivity index (χ1v) is 4.44. The summed E-state index contributed by atoms with van der Waals surface area (Å²) < 4.78 is 0. The van der Waals surface area contributed by atoms with E-state index >= 15 is 0 Å². The monoisotopic (exact) mass is 202 g/mol. The van der Waals surface area contributed by atoms with E-state index in [2.05, 4.69) is 0 Å². The average Bonchev–Trinajstić information content (AvgIpc) is 2.05. The fourth-order valence-electron chi connectivity index (χ4n) is 0.882. The van der Waals surface area contributed by atoms with Crippen LogP contribution in [-0.2, 0) is 0 Å². The van der Waals surface area contributed by atoms with E-state index in [1.165, 1.54) is 0 Å². The summed E-state index contributed by atoms with van der Waals surface area (Å²) in [5, 5.41) is 0. The maximum Gasteiger partial charge on any atom is 0.165 e. The van der Waals surface area contributed by atoms with Gasteiger partial charge in [-0.25, -0.2) is 0 Å². The van der Waals surface area contributed by atoms with Crippen LogP contribution in [0.25, 0.3) is 0 Å². The van der Waals surface area contributed by atoms with Gasteiger partial charge in [-0.15, -0.1) is 23.2 Å². The van der Waals surface area contributed by atoms with E-state index in [0.717, 1.165) is 0 Å². The van der Waals surface area contributed by atoms with Crippen LogP contribution in [0.1, 0.15) is 16.8 Å². The molecule has 1 rings (SSSR count). The molecule has 0 fully saturated rings. The minimum absolute atomic E-state index is 0.0226. The third kappa shape index (κ3) is 2.84. The summed E-state index contributed by atoms with van der Waals surface area (Å²) in [5.74, 6) is -0.0226. The van der Waals surface area contributed by atoms with Crippen molar-refractivity contribution in [3.05, 3.63) is 35.9 Å². The van der Waals surface area contributed by atoms with Gasteiger partial charge in [0.1, 0.15) is 4.84 Å². The summed E-state index contributed by atoms with van der Waals surface area (Å²) in [7, 11) is 0. The highest BCUT2D eigenvalue weighted by Gasteiger charge is 2.09. The molecule has 0 saturated carbocycles. The van der Waals surface area contributed by atoms with Crippen molar-refractivity contribution in [2.45, 2.75) is 11.3 Å². The Hall–Kier alpha value is -0.530. The zero-order valence-electron chi connectivity index (χ0n) is 6.34. The molecule has 0 spiro atoms. The fraction of sp³-hybridized carbons (Fsp3) is 0.222. The molecule has 3 heteroatoms. The quantitative estimate of drug-likeness (QED) is 0.545. The first-order chi connectivity index (χ1) is 5.70. The Balaban J connectivity index is 2.66. The number of ketones is 1. The lowest BCUT2D eigenvalue weighted by molar-refractivity contribution is 0.0987. The summed E-state index contributed by atoms with van der Waals surface area (Å²) in [6, 6.07) is 8.97. The van der Waals surface area contributed by atoms with Gasteiger partial charge in [-0.2, -0.15) is 0 Å². The molecule has 1 aromatic carbocycles. The van der Waals surface area contributed by atoms with Crippen molar-refractivity contribution in [1.29, 1.82) is 0 Å². The number of rotatable bonds is 3. The van der Waals surface area contributed by atoms with Crippen LogP contribution in [0.2, 0.25) is 0 Å². The molecule has 0 unspecified atom stereocenters. The van der Waals surface area contributed by atoms with Crippen LogP contribution in [0, 0.1) is 0 Å². The van der Waals surface area contributed by atoms with Crippen LogP contribution >= 0.6 is 23.2 Å². The second-order valence-corrected chi connectivity index (χ2v) is 3.66. The van der Waals surface area contributed by atoms with E-state index < -0.39 is 4.84 Å². The van der Waals surface area contributed by atoms with Gasteiger partial charge in [0.15, 0.2) is 5.78 Å². The number of carbonyl (C=O) groups excluding carboxylic acids is 1. The molecule has 0 aliphatic carbocycles. The zero-order chi connectivity index (χ0) is 8.97. The van der Waals surface area contributed by atoms with Gasteiger partial charge in [-0.3, -0.25) is 4.79 Å². The highest BCUT2D eigenvalue weighted by atomic mass is 35.5. The summed E-state index contributed by atoms with van der Waals surface area (Å²) in [5.41, 5.74) is 0.656. The van der Waals surface area contributed by atoms with Crippen molar-refractivity contribution < 1.29 is 4.79 Å². The topological polar surface area (TPSA) is 17.1 Å². The SMILES string of the molecule is O=C(CC(Cl)Cl)c1ccccc1. The minimum atomic E-state index is -0.613. The molecular weight excluding hydrogens is 195 g/mol. The smallest absolute Gasteiger partial charge is 0.165 e. The largest absolute Gasteiger partial charge is 0.294 e. The molecule has 0 heterocycles. The van der Waals surface area contributed by atoms with Gasteiger partial charge in [0.2, 0.25) is 0 Å². The predicted octanol–water partition coefficient (Wildman–Crippen LogP) is 3.06. The number of hydrogen-bond donors (Lipinski definition) is 0. The average molecular weight is 203 g/mol. The molecular formula is C9H8Cl2O. The molecule has 1 nitrogen and oxygen atoms in total. The second-order valence-electron chi connectivity index (χ2n) is 2.38. The van der Waals surface area contributed by atoms with E-state index in [1.807, 2.05) is 18.2 Å². The lowest BCUT2D eigenvalue weighted by atomic mass is 10.1. The van der Waals surface area contributed by atoms with Gasteiger partial charge in [0.25, 0.3) is 0 Å². The Bertz CT molecular complexity index is 256. The molecule has 1 aromatic rings. The standard InChI is InChI=1S/C9H8Cl2O/c10-9(11)6-8(12)7-4-2-1-3-5-7/h1-5,9H,6H2. The van der Waals surface area contributed by atoms with Gasteiger partial charge in [-0.1, -0.05) is 30.3 Å². The Morgan fingerprint density at radius 1 is 1.25 bits per heavy atom. The minimum Gasteiger partial charge on any atom is -0.294 e. The van der Waals surface area contributed by atoms with Crippen molar-refractivity contribution in [2.24, 2.45) is 0 Å². The van der Waals surface area contributed by atoms with Crippen LogP contribution < -0.4 is 0 Å². The Morgan fingerprint density at radius 3 is 2.33 bits per heavy atom. The van der Waals surface area contributed by atoms with Crippen molar-refractivity contribution in [3.8, 4) is 0 Å². The third-order valence-electron chi connectivity index (χ3n) is 1.44. The van der Waals surface area contributed by atoms with E-state index in [0.29, 0.717) is 5.56 Å². The van der Waals surface area contributed by atoms with Gasteiger partial charge < -0.3 is 0 Å². The lowest BCUT2D eigenvalue weighted by Crippen LogP contribution is -2.02. The van der Waals surface area contributed by atoms with Crippen LogP contribution in [0.3, 0.4) is 0 Å². The van der Waals surface area contributed by atoms with Gasteiger partial charge in [0, 0.05) is 12.0 Å². The predicted molar refractivity (Wildman–Crippen MR) is 50.9 cm³/mol. The molecule has 0 aliphatic rings. The Kier molecular flexibility index (Phi) is 3.57. The van der Waals surface area contributed by atoms with E-state index in [9.17, 15) is 4.79 Å². The van der Waals surface area contributed by atoms with E-state index in [1.54, 1.807) is 12.1 Å². The molecule has 0 aromatic heterocycles. The number of Topliss-reactive ketones (excluding diaryl/α,β-unsaturated/α-hetero) is 1. The number of benzene rings is 1. The van der Waals surface area contributed by atoms with Gasteiger partial charge >= 0.3 is 0 Å². The summed E-state index contributed by atoms with van der Waals surface area (Å²) in [6.45, 7) is 0. The molecule has 0 radical (unpaired) electrons. The first-order valence-electron chi connectivity index (χ1n) is 3.56. The number of alkyl halides is 2. The number of halogens is 2. The highest BCUT2D eigenvalue weighted by Crippen LogP contribution is 2.11. The lowest BCUT2D eigenvalue weighted by Gasteiger charge is -1.99. The molecule has 0 aliphatic heterocycles. The molecule has 0 saturated heterocycles. The van der Waals surface area contributed by atoms with Crippen molar-refractivity contribution in [1.82, 2.24) is 0 Å². The van der Waals surface area contributed by atoms with Crippen LogP contribution in [0.4, 0.5) is 0 Å². The molecule has 0 N–H and O–H groups in total. The highest BCUT2D eigenvalue weighted by molar-refractivity contribution is 6.45. The Morgan fingerprint density at radius 2 is 1.83 bits per heavy atom. The van der Waals surface area contributed by atoms with E-state index in [4.69, 9.17) is 23.2 Å². The van der Waals surface area contributed by atoms with Crippen LogP contribution in [-0.4, -0.2) is 10.6 Å². The fourth-order valence-corrected chi connectivity index (χ4v) is 1.16. The maximum atomic E-state index is 11.3. The normalized spacial score (nSPS) is 10.2. The van der Waals surface area contributed by atoms with Crippen molar-refractivity contribution in [3.63, 3.8) is 0 Å². The summed E-state index contributed by atoms with van der Waals surface area (Å²) >= 11 is 10.9. The third-order valence-corrected chi connectivity index (χ3v) is 1.74. The van der Waals surface area contributed by atoms with Crippen LogP contribution in [0.5, 0.6) is 0 Å². The molecule has 0 amide bonds. The molecule has 12 heavy (non-hydrogen) atoms. The molecule has 0 atom stereocenters. The maximum absolute atomic E-state index is 11.3. The second kappa shape index (κ2) is 4.48. The Labute approximate surface area is 81.3 Å². The molecule has 64 valence electrons. The van der Waals surface area contributed by atoms with E-state index in [-0.39, 0.29) is 12.2 Å². The van der Waals surface area contributed by atoms with Crippen molar-refractivity contribution >= 4 is 29.0 Å².